The average molecular weight is 208 g/mol. The lowest BCUT2D eigenvalue weighted by Gasteiger charge is -2.49. The molecule has 3 fully saturated rings. The molecule has 84 valence electrons. The lowest BCUT2D eigenvalue weighted by molar-refractivity contribution is -0.138. The molecule has 0 aromatic heterocycles. The van der Waals surface area contributed by atoms with Crippen LogP contribution in [0, 0.1) is 5.92 Å². The molecule has 4 aliphatic rings. The first-order chi connectivity index (χ1) is 7.32. The zero-order valence-electron chi connectivity index (χ0n) is 9.46. The molecule has 4 aliphatic heterocycles. The van der Waals surface area contributed by atoms with Crippen molar-refractivity contribution in [2.24, 2.45) is 5.92 Å². The molecule has 0 aromatic carbocycles. The molecule has 15 heavy (non-hydrogen) atoms. The molecule has 1 spiro atoms. The molecule has 0 aromatic rings. The van der Waals surface area contributed by atoms with Gasteiger partial charge in [0.1, 0.15) is 5.60 Å². The third-order valence-electron chi connectivity index (χ3n) is 4.06. The molecule has 0 amide bonds. The molecule has 0 saturated carbocycles. The summed E-state index contributed by atoms with van der Waals surface area (Å²) in [7, 11) is 0. The van der Waals surface area contributed by atoms with E-state index in [-0.39, 0.29) is 5.60 Å². The number of nitrogens with zero attached hydrogens (tertiary/aromatic N) is 1. The summed E-state index contributed by atoms with van der Waals surface area (Å²) in [6.07, 6.45) is 7.28. The van der Waals surface area contributed by atoms with Crippen LogP contribution in [-0.2, 0) is 4.84 Å². The van der Waals surface area contributed by atoms with E-state index in [0.717, 1.165) is 18.9 Å². The summed E-state index contributed by atoms with van der Waals surface area (Å²) in [5, 5.41) is 0. The Kier molecular flexibility index (Phi) is 2.25. The van der Waals surface area contributed by atoms with Gasteiger partial charge in [-0.15, -0.1) is 0 Å². The number of rotatable bonds is 2. The van der Waals surface area contributed by atoms with Gasteiger partial charge in [0, 0.05) is 12.2 Å². The van der Waals surface area contributed by atoms with Crippen molar-refractivity contribution in [3.8, 4) is 0 Å². The van der Waals surface area contributed by atoms with Crippen molar-refractivity contribution in [1.82, 2.24) is 10.4 Å². The summed E-state index contributed by atoms with van der Waals surface area (Å²) in [4.78, 5) is 8.43. The standard InChI is InChI=1S/C12H20N2O/c1-2-3-11-8-12(15-13-11)9-14-6-4-10(12)5-7-14/h8,10,13H,2-7,9H2,1H3. The zero-order valence-corrected chi connectivity index (χ0v) is 9.46. The van der Waals surface area contributed by atoms with Crippen molar-refractivity contribution in [2.75, 3.05) is 19.6 Å². The van der Waals surface area contributed by atoms with Gasteiger partial charge in [0.05, 0.1) is 0 Å². The second-order valence-corrected chi connectivity index (χ2v) is 5.13. The van der Waals surface area contributed by atoms with Gasteiger partial charge in [0.2, 0.25) is 0 Å². The maximum Gasteiger partial charge on any atom is 0.131 e. The maximum absolute atomic E-state index is 5.90. The fraction of sp³-hybridized carbons (Fsp3) is 0.833. The van der Waals surface area contributed by atoms with Crippen molar-refractivity contribution in [3.63, 3.8) is 0 Å². The van der Waals surface area contributed by atoms with Crippen LogP contribution >= 0.6 is 0 Å². The van der Waals surface area contributed by atoms with Crippen molar-refractivity contribution >= 4 is 0 Å². The number of hydrogen-bond donors (Lipinski definition) is 1. The molecule has 0 radical (unpaired) electrons. The van der Waals surface area contributed by atoms with Crippen LogP contribution in [0.1, 0.15) is 32.6 Å². The van der Waals surface area contributed by atoms with Crippen molar-refractivity contribution < 1.29 is 4.84 Å². The molecule has 3 heteroatoms. The number of hydroxylamine groups is 1. The largest absolute Gasteiger partial charge is 0.300 e. The second-order valence-electron chi connectivity index (χ2n) is 5.13. The molecule has 3 nitrogen and oxygen atoms in total. The van der Waals surface area contributed by atoms with Gasteiger partial charge in [0.15, 0.2) is 0 Å². The van der Waals surface area contributed by atoms with Crippen molar-refractivity contribution in [2.45, 2.75) is 38.2 Å². The molecule has 1 unspecified atom stereocenters. The molecule has 2 bridgehead atoms. The van der Waals surface area contributed by atoms with Crippen LogP contribution in [0.3, 0.4) is 0 Å². The normalized spacial score (nSPS) is 43.1. The summed E-state index contributed by atoms with van der Waals surface area (Å²) < 4.78 is 0. The molecule has 0 aliphatic carbocycles. The van der Waals surface area contributed by atoms with Crippen molar-refractivity contribution in [1.29, 1.82) is 0 Å². The summed E-state index contributed by atoms with van der Waals surface area (Å²) in [6.45, 7) is 5.85. The fourth-order valence-corrected chi connectivity index (χ4v) is 3.24. The smallest absolute Gasteiger partial charge is 0.131 e. The van der Waals surface area contributed by atoms with E-state index in [2.05, 4.69) is 23.4 Å². The van der Waals surface area contributed by atoms with Crippen LogP contribution in [0.2, 0.25) is 0 Å². The summed E-state index contributed by atoms with van der Waals surface area (Å²) in [5.41, 5.74) is 4.45. The SMILES string of the molecule is CCCC1=CC2(CN3CCC2CC3)ON1. The lowest BCUT2D eigenvalue weighted by Crippen LogP contribution is -2.58. The monoisotopic (exact) mass is 208 g/mol. The highest BCUT2D eigenvalue weighted by atomic mass is 16.7. The Hall–Kier alpha value is -0.540. The van der Waals surface area contributed by atoms with E-state index in [0.29, 0.717) is 0 Å². The van der Waals surface area contributed by atoms with Gasteiger partial charge in [-0.05, 0) is 44.3 Å². The quantitative estimate of drug-likeness (QED) is 0.747. The number of hydrogen-bond acceptors (Lipinski definition) is 3. The number of allylic oxidation sites excluding steroid dienone is 1. The average Bonchev–Trinajstić information content (AvgIpc) is 2.64. The molecule has 1 N–H and O–H groups in total. The van der Waals surface area contributed by atoms with E-state index in [1.54, 1.807) is 0 Å². The topological polar surface area (TPSA) is 24.5 Å². The summed E-state index contributed by atoms with van der Waals surface area (Å²) in [5.74, 6) is 0.740. The molecular formula is C12H20N2O. The van der Waals surface area contributed by atoms with Crippen LogP contribution < -0.4 is 5.48 Å². The van der Waals surface area contributed by atoms with Gasteiger partial charge in [-0.2, -0.15) is 0 Å². The van der Waals surface area contributed by atoms with Gasteiger partial charge in [-0.3, -0.25) is 15.2 Å². The first-order valence-electron chi connectivity index (χ1n) is 6.20. The van der Waals surface area contributed by atoms with E-state index in [1.165, 1.54) is 38.0 Å². The molecule has 1 atom stereocenters. The maximum atomic E-state index is 5.90. The van der Waals surface area contributed by atoms with Crippen LogP contribution in [0.5, 0.6) is 0 Å². The van der Waals surface area contributed by atoms with E-state index in [4.69, 9.17) is 4.84 Å². The minimum Gasteiger partial charge on any atom is -0.300 e. The Balaban J connectivity index is 1.80. The minimum absolute atomic E-state index is 0.0149. The zero-order chi connectivity index (χ0) is 10.3. The van der Waals surface area contributed by atoms with Gasteiger partial charge >= 0.3 is 0 Å². The molecule has 4 heterocycles. The number of fused-ring (bicyclic) bond motifs is 2. The Labute approximate surface area is 91.4 Å². The Bertz CT molecular complexity index is 281. The second kappa shape index (κ2) is 3.49. The van der Waals surface area contributed by atoms with E-state index in [9.17, 15) is 0 Å². The highest BCUT2D eigenvalue weighted by molar-refractivity contribution is 5.19. The summed E-state index contributed by atoms with van der Waals surface area (Å²) >= 11 is 0. The van der Waals surface area contributed by atoms with Gasteiger partial charge in [-0.1, -0.05) is 13.3 Å². The van der Waals surface area contributed by atoms with Crippen LogP contribution in [0.4, 0.5) is 0 Å². The molecular weight excluding hydrogens is 188 g/mol. The third-order valence-corrected chi connectivity index (χ3v) is 4.06. The lowest BCUT2D eigenvalue weighted by atomic mass is 9.75. The van der Waals surface area contributed by atoms with E-state index < -0.39 is 0 Å². The summed E-state index contributed by atoms with van der Waals surface area (Å²) in [6, 6.07) is 0. The third kappa shape index (κ3) is 1.49. The molecule has 3 saturated heterocycles. The number of nitrogens with one attached hydrogen (secondary N) is 1. The highest BCUT2D eigenvalue weighted by Gasteiger charge is 2.49. The van der Waals surface area contributed by atoms with Crippen LogP contribution in [0.15, 0.2) is 11.8 Å². The Morgan fingerprint density at radius 1 is 1.53 bits per heavy atom. The minimum atomic E-state index is 0.0149. The van der Waals surface area contributed by atoms with Gasteiger partial charge in [-0.25, -0.2) is 0 Å². The predicted octanol–water partition coefficient (Wildman–Crippen LogP) is 1.67. The van der Waals surface area contributed by atoms with Crippen LogP contribution in [-0.4, -0.2) is 30.1 Å². The van der Waals surface area contributed by atoms with Crippen molar-refractivity contribution in [3.05, 3.63) is 11.8 Å². The molecule has 4 rings (SSSR count). The first kappa shape index (κ1) is 9.67. The van der Waals surface area contributed by atoms with Crippen LogP contribution in [0.25, 0.3) is 0 Å². The Morgan fingerprint density at radius 3 is 2.93 bits per heavy atom. The first-order valence-corrected chi connectivity index (χ1v) is 6.20. The van der Waals surface area contributed by atoms with E-state index >= 15 is 0 Å². The van der Waals surface area contributed by atoms with Gasteiger partial charge in [0.25, 0.3) is 0 Å². The van der Waals surface area contributed by atoms with Gasteiger partial charge < -0.3 is 0 Å². The predicted molar refractivity (Wildman–Crippen MR) is 59.1 cm³/mol. The Morgan fingerprint density at radius 2 is 2.33 bits per heavy atom. The fourth-order valence-electron chi connectivity index (χ4n) is 3.24. The number of piperidine rings is 3. The van der Waals surface area contributed by atoms with E-state index in [1.807, 2.05) is 0 Å². The highest BCUT2D eigenvalue weighted by Crippen LogP contribution is 2.41.